The maximum Gasteiger partial charge on any atom is 0.433 e. The Bertz CT molecular complexity index is 1400. The smallest absolute Gasteiger partial charge is 0.366 e. The number of alkyl halides is 3. The highest BCUT2D eigenvalue weighted by molar-refractivity contribution is 5.83. The van der Waals surface area contributed by atoms with E-state index in [4.69, 9.17) is 5.73 Å². The van der Waals surface area contributed by atoms with Gasteiger partial charge in [-0.2, -0.15) is 13.2 Å². The number of hydrogen-bond donors (Lipinski definition) is 2. The molecule has 0 bridgehead atoms. The van der Waals surface area contributed by atoms with E-state index in [1.54, 1.807) is 12.1 Å². The summed E-state index contributed by atoms with van der Waals surface area (Å²) in [5.41, 5.74) is 1.83. The van der Waals surface area contributed by atoms with Crippen molar-refractivity contribution in [2.45, 2.75) is 18.2 Å². The van der Waals surface area contributed by atoms with Gasteiger partial charge >= 0.3 is 6.18 Å². The quantitative estimate of drug-likeness (QED) is 0.462. The van der Waals surface area contributed by atoms with E-state index in [0.717, 1.165) is 16.7 Å². The SMILES string of the molecule is NCCc1c(-n2ccnc2)c(=O)n(C#CC(O)(c2ccccc2)C(F)(F)F)c2ncccc12. The maximum atomic E-state index is 13.9. The van der Waals surface area contributed by atoms with Crippen LogP contribution in [-0.2, 0) is 12.0 Å². The van der Waals surface area contributed by atoms with Gasteiger partial charge in [0, 0.05) is 35.6 Å². The van der Waals surface area contributed by atoms with Gasteiger partial charge in [-0.1, -0.05) is 30.3 Å². The molecule has 3 N–H and O–H groups in total. The van der Waals surface area contributed by atoms with E-state index in [9.17, 15) is 23.1 Å². The second kappa shape index (κ2) is 8.54. The minimum absolute atomic E-state index is 0.0555. The Labute approximate surface area is 185 Å². The van der Waals surface area contributed by atoms with Crippen LogP contribution in [0.1, 0.15) is 11.1 Å². The summed E-state index contributed by atoms with van der Waals surface area (Å²) in [5.74, 6) is 1.88. The third kappa shape index (κ3) is 3.88. The molecule has 33 heavy (non-hydrogen) atoms. The largest absolute Gasteiger partial charge is 0.433 e. The van der Waals surface area contributed by atoms with Gasteiger partial charge in [0.1, 0.15) is 5.69 Å². The summed E-state index contributed by atoms with van der Waals surface area (Å²) in [6, 6.07) is 12.0. The molecule has 0 saturated heterocycles. The van der Waals surface area contributed by atoms with Crippen LogP contribution in [0.5, 0.6) is 0 Å². The van der Waals surface area contributed by atoms with Gasteiger partial charge in [0.15, 0.2) is 5.65 Å². The fourth-order valence-electron chi connectivity index (χ4n) is 3.55. The molecule has 168 valence electrons. The van der Waals surface area contributed by atoms with Crippen molar-refractivity contribution in [2.75, 3.05) is 6.54 Å². The third-order valence-corrected chi connectivity index (χ3v) is 5.12. The van der Waals surface area contributed by atoms with Gasteiger partial charge in [-0.25, -0.2) is 14.5 Å². The van der Waals surface area contributed by atoms with Gasteiger partial charge in [-0.05, 0) is 36.6 Å². The standard InChI is InChI=1S/C23H18F3N5O2/c24-23(25,26)22(33,16-5-2-1-3-6-16)9-13-31-20-18(7-4-11-29-20)17(8-10-27)19(21(31)32)30-14-12-28-15-30/h1-7,11-12,14-15,33H,8,10,27H2. The Hall–Kier alpha value is -3.94. The van der Waals surface area contributed by atoms with Gasteiger partial charge in [-0.15, -0.1) is 0 Å². The Balaban J connectivity index is 2.04. The zero-order valence-electron chi connectivity index (χ0n) is 17.1. The Morgan fingerprint density at radius 1 is 1.09 bits per heavy atom. The molecule has 3 aromatic heterocycles. The van der Waals surface area contributed by atoms with Crippen molar-refractivity contribution in [3.8, 4) is 17.7 Å². The summed E-state index contributed by atoms with van der Waals surface area (Å²) >= 11 is 0. The molecule has 0 radical (unpaired) electrons. The summed E-state index contributed by atoms with van der Waals surface area (Å²) < 4.78 is 43.9. The molecular formula is C23H18F3N5O2. The second-order valence-corrected chi connectivity index (χ2v) is 7.16. The topological polar surface area (TPSA) is 99.0 Å². The number of aromatic nitrogens is 4. The van der Waals surface area contributed by atoms with Crippen LogP contribution >= 0.6 is 0 Å². The highest BCUT2D eigenvalue weighted by Crippen LogP contribution is 2.38. The molecule has 1 atom stereocenters. The molecule has 0 aliphatic rings. The predicted molar refractivity (Wildman–Crippen MR) is 115 cm³/mol. The van der Waals surface area contributed by atoms with Crippen molar-refractivity contribution < 1.29 is 18.3 Å². The van der Waals surface area contributed by atoms with Crippen molar-refractivity contribution in [1.82, 2.24) is 19.1 Å². The summed E-state index contributed by atoms with van der Waals surface area (Å²) in [6.07, 6.45) is 0.985. The van der Waals surface area contributed by atoms with Gasteiger partial charge in [0.05, 0.1) is 6.33 Å². The van der Waals surface area contributed by atoms with Crippen LogP contribution in [0.15, 0.2) is 72.2 Å². The molecule has 0 amide bonds. The van der Waals surface area contributed by atoms with Crippen LogP contribution in [0.4, 0.5) is 13.2 Å². The summed E-state index contributed by atoms with van der Waals surface area (Å²) in [5, 5.41) is 11.1. The van der Waals surface area contributed by atoms with E-state index in [1.807, 2.05) is 5.92 Å². The molecule has 7 nitrogen and oxygen atoms in total. The number of nitrogens with two attached hydrogens (primary N) is 1. The maximum absolute atomic E-state index is 13.9. The van der Waals surface area contributed by atoms with E-state index in [2.05, 4.69) is 16.0 Å². The highest BCUT2D eigenvalue weighted by Gasteiger charge is 2.54. The molecular weight excluding hydrogens is 435 g/mol. The predicted octanol–water partition coefficient (Wildman–Crippen LogP) is 2.34. The molecule has 0 spiro atoms. The molecule has 3 heterocycles. The summed E-state index contributed by atoms with van der Waals surface area (Å²) in [6.45, 7) is 0.225. The third-order valence-electron chi connectivity index (χ3n) is 5.12. The average molecular weight is 453 g/mol. The number of benzene rings is 1. The van der Waals surface area contributed by atoms with Crippen LogP contribution in [0.2, 0.25) is 0 Å². The fraction of sp³-hybridized carbons (Fsp3) is 0.174. The molecule has 4 rings (SSSR count). The molecule has 0 aliphatic carbocycles. The van der Waals surface area contributed by atoms with E-state index in [0.29, 0.717) is 17.4 Å². The van der Waals surface area contributed by atoms with Crippen LogP contribution in [0, 0.1) is 12.0 Å². The van der Waals surface area contributed by atoms with E-state index in [-0.39, 0.29) is 17.9 Å². The number of nitrogens with zero attached hydrogens (tertiary/aromatic N) is 4. The summed E-state index contributed by atoms with van der Waals surface area (Å²) in [4.78, 5) is 21.6. The van der Waals surface area contributed by atoms with Crippen molar-refractivity contribution in [3.05, 3.63) is 88.9 Å². The number of rotatable bonds is 4. The van der Waals surface area contributed by atoms with Crippen LogP contribution in [-0.4, -0.2) is 36.9 Å². The lowest BCUT2D eigenvalue weighted by molar-refractivity contribution is -0.240. The molecule has 0 aliphatic heterocycles. The lowest BCUT2D eigenvalue weighted by Crippen LogP contribution is -2.41. The molecule has 1 unspecified atom stereocenters. The van der Waals surface area contributed by atoms with Crippen LogP contribution in [0.3, 0.4) is 0 Å². The first-order valence-electron chi connectivity index (χ1n) is 9.86. The molecule has 4 aromatic rings. The minimum atomic E-state index is -5.12. The first-order chi connectivity index (χ1) is 15.8. The summed E-state index contributed by atoms with van der Waals surface area (Å²) in [7, 11) is 0. The van der Waals surface area contributed by atoms with Crippen LogP contribution < -0.4 is 11.3 Å². The van der Waals surface area contributed by atoms with E-state index >= 15 is 0 Å². The first-order valence-corrected chi connectivity index (χ1v) is 9.86. The highest BCUT2D eigenvalue weighted by atomic mass is 19.4. The number of fused-ring (bicyclic) bond motifs is 1. The zero-order valence-corrected chi connectivity index (χ0v) is 17.1. The lowest BCUT2D eigenvalue weighted by atomic mass is 9.94. The molecule has 1 aromatic carbocycles. The van der Waals surface area contributed by atoms with Crippen LogP contribution in [0.25, 0.3) is 16.7 Å². The van der Waals surface area contributed by atoms with E-state index in [1.165, 1.54) is 47.7 Å². The lowest BCUT2D eigenvalue weighted by Gasteiger charge is -2.25. The average Bonchev–Trinajstić information content (AvgIpc) is 3.33. The van der Waals surface area contributed by atoms with Crippen molar-refractivity contribution in [3.63, 3.8) is 0 Å². The molecule has 0 saturated carbocycles. The second-order valence-electron chi connectivity index (χ2n) is 7.16. The zero-order chi connectivity index (χ0) is 23.6. The number of hydrogen-bond acceptors (Lipinski definition) is 5. The number of halogens is 3. The Morgan fingerprint density at radius 3 is 2.48 bits per heavy atom. The van der Waals surface area contributed by atoms with E-state index < -0.39 is 22.9 Å². The fourth-order valence-corrected chi connectivity index (χ4v) is 3.55. The minimum Gasteiger partial charge on any atom is -0.366 e. The van der Waals surface area contributed by atoms with Gasteiger partial charge in [0.25, 0.3) is 5.56 Å². The first kappa shape index (κ1) is 22.3. The monoisotopic (exact) mass is 453 g/mol. The Morgan fingerprint density at radius 2 is 1.85 bits per heavy atom. The van der Waals surface area contributed by atoms with Gasteiger partial charge in [-0.3, -0.25) is 4.79 Å². The normalized spacial score (nSPS) is 13.4. The van der Waals surface area contributed by atoms with Gasteiger partial charge in [0.2, 0.25) is 5.60 Å². The Kier molecular flexibility index (Phi) is 5.76. The number of aliphatic hydroxyl groups is 1. The van der Waals surface area contributed by atoms with Crippen molar-refractivity contribution in [2.24, 2.45) is 5.73 Å². The van der Waals surface area contributed by atoms with Crippen molar-refractivity contribution in [1.29, 1.82) is 0 Å². The van der Waals surface area contributed by atoms with Crippen molar-refractivity contribution >= 4 is 11.0 Å². The molecule has 10 heteroatoms. The number of pyridine rings is 2. The van der Waals surface area contributed by atoms with Gasteiger partial charge < -0.3 is 15.4 Å². The number of imidazole rings is 1. The molecule has 0 fully saturated rings.